The third-order valence-corrected chi connectivity index (χ3v) is 5.36. The molecular formula is C24H18BrNO4. The smallest absolute Gasteiger partial charge is 0.230 e. The molecular weight excluding hydrogens is 446 g/mol. The van der Waals surface area contributed by atoms with E-state index < -0.39 is 0 Å². The van der Waals surface area contributed by atoms with Crippen molar-refractivity contribution in [3.05, 3.63) is 94.2 Å². The molecule has 6 heteroatoms. The molecule has 0 atom stereocenters. The van der Waals surface area contributed by atoms with Gasteiger partial charge < -0.3 is 14.5 Å². The van der Waals surface area contributed by atoms with E-state index in [2.05, 4.69) is 21.2 Å². The van der Waals surface area contributed by atoms with Gasteiger partial charge in [-0.15, -0.1) is 0 Å². The molecule has 5 nitrogen and oxygen atoms in total. The van der Waals surface area contributed by atoms with Crippen LogP contribution in [0.5, 0.6) is 5.75 Å². The summed E-state index contributed by atoms with van der Waals surface area (Å²) >= 11 is 3.40. The topological polar surface area (TPSA) is 68.5 Å². The van der Waals surface area contributed by atoms with E-state index in [4.69, 9.17) is 9.15 Å². The van der Waals surface area contributed by atoms with Gasteiger partial charge in [-0.2, -0.15) is 0 Å². The van der Waals surface area contributed by atoms with Gasteiger partial charge in [0, 0.05) is 16.5 Å². The predicted octanol–water partition coefficient (Wildman–Crippen LogP) is 5.73. The van der Waals surface area contributed by atoms with Crippen LogP contribution in [-0.2, 0) is 0 Å². The summed E-state index contributed by atoms with van der Waals surface area (Å²) in [5.41, 5.74) is 2.14. The molecule has 0 saturated heterocycles. The molecule has 150 valence electrons. The average Bonchev–Trinajstić information content (AvgIpc) is 3.16. The molecule has 0 aliphatic rings. The number of hydrogen-bond acceptors (Lipinski definition) is 5. The predicted molar refractivity (Wildman–Crippen MR) is 120 cm³/mol. The van der Waals surface area contributed by atoms with E-state index in [1.807, 2.05) is 24.3 Å². The van der Waals surface area contributed by atoms with Gasteiger partial charge in [-0.1, -0.05) is 42.5 Å². The van der Waals surface area contributed by atoms with Crippen molar-refractivity contribution in [2.45, 2.75) is 0 Å². The minimum Gasteiger partial charge on any atom is -0.496 e. The fourth-order valence-corrected chi connectivity index (χ4v) is 3.75. The van der Waals surface area contributed by atoms with Gasteiger partial charge in [-0.05, 0) is 46.3 Å². The zero-order valence-corrected chi connectivity index (χ0v) is 17.7. The SMILES string of the molecule is COc1ccc(C(=O)CNc2c(C(=O)c3ccccc3)oc3ccccc23)cc1Br. The van der Waals surface area contributed by atoms with Gasteiger partial charge >= 0.3 is 0 Å². The Morgan fingerprint density at radius 1 is 0.967 bits per heavy atom. The fraction of sp³-hybridized carbons (Fsp3) is 0.0833. The molecule has 0 saturated carbocycles. The average molecular weight is 464 g/mol. The number of ether oxygens (including phenoxy) is 1. The number of benzene rings is 3. The van der Waals surface area contributed by atoms with Crippen molar-refractivity contribution in [3.8, 4) is 5.75 Å². The third kappa shape index (κ3) is 3.86. The van der Waals surface area contributed by atoms with E-state index >= 15 is 0 Å². The number of fused-ring (bicyclic) bond motifs is 1. The molecule has 0 fully saturated rings. The van der Waals surface area contributed by atoms with Crippen molar-refractivity contribution >= 4 is 44.2 Å². The third-order valence-electron chi connectivity index (χ3n) is 4.74. The monoisotopic (exact) mass is 463 g/mol. The molecule has 0 radical (unpaired) electrons. The van der Waals surface area contributed by atoms with Crippen LogP contribution >= 0.6 is 15.9 Å². The molecule has 1 heterocycles. The van der Waals surface area contributed by atoms with E-state index in [1.165, 1.54) is 0 Å². The molecule has 0 spiro atoms. The first-order chi connectivity index (χ1) is 14.6. The summed E-state index contributed by atoms with van der Waals surface area (Å²) in [7, 11) is 1.57. The Morgan fingerprint density at radius 3 is 2.43 bits per heavy atom. The zero-order valence-electron chi connectivity index (χ0n) is 16.1. The van der Waals surface area contributed by atoms with Crippen LogP contribution in [0.4, 0.5) is 5.69 Å². The van der Waals surface area contributed by atoms with Crippen LogP contribution in [0.3, 0.4) is 0 Å². The van der Waals surface area contributed by atoms with E-state index in [-0.39, 0.29) is 23.9 Å². The van der Waals surface area contributed by atoms with Crippen molar-refractivity contribution in [1.29, 1.82) is 0 Å². The lowest BCUT2D eigenvalue weighted by Crippen LogP contribution is -2.15. The van der Waals surface area contributed by atoms with Gasteiger partial charge in [0.25, 0.3) is 0 Å². The molecule has 0 aliphatic heterocycles. The number of carbonyl (C=O) groups excluding carboxylic acids is 2. The normalized spacial score (nSPS) is 10.7. The zero-order chi connectivity index (χ0) is 21.1. The largest absolute Gasteiger partial charge is 0.496 e. The van der Waals surface area contributed by atoms with Crippen molar-refractivity contribution in [1.82, 2.24) is 0 Å². The van der Waals surface area contributed by atoms with Gasteiger partial charge in [0.05, 0.1) is 23.8 Å². The number of hydrogen-bond donors (Lipinski definition) is 1. The van der Waals surface area contributed by atoms with Crippen molar-refractivity contribution in [2.24, 2.45) is 0 Å². The molecule has 0 bridgehead atoms. The summed E-state index contributed by atoms with van der Waals surface area (Å²) in [6.45, 7) is 0.0113. The van der Waals surface area contributed by atoms with Crippen molar-refractivity contribution < 1.29 is 18.7 Å². The highest BCUT2D eigenvalue weighted by molar-refractivity contribution is 9.10. The van der Waals surface area contributed by atoms with Crippen LogP contribution in [0.1, 0.15) is 26.5 Å². The number of anilines is 1. The Kier molecular flexibility index (Phi) is 5.68. The van der Waals surface area contributed by atoms with Crippen molar-refractivity contribution in [3.63, 3.8) is 0 Å². The summed E-state index contributed by atoms with van der Waals surface area (Å²) in [4.78, 5) is 25.8. The van der Waals surface area contributed by atoms with Gasteiger partial charge in [0.15, 0.2) is 11.5 Å². The van der Waals surface area contributed by atoms with Crippen LogP contribution < -0.4 is 10.1 Å². The molecule has 0 unspecified atom stereocenters. The second kappa shape index (κ2) is 8.55. The highest BCUT2D eigenvalue weighted by atomic mass is 79.9. The first kappa shape index (κ1) is 19.9. The lowest BCUT2D eigenvalue weighted by atomic mass is 10.1. The standard InChI is InChI=1S/C24H18BrNO4/c1-29-21-12-11-16(13-18(21)25)19(27)14-26-22-17-9-5-6-10-20(17)30-24(22)23(28)15-7-3-2-4-8-15/h2-13,26H,14H2,1H3. The Labute approximate surface area is 181 Å². The van der Waals surface area contributed by atoms with Gasteiger partial charge in [-0.3, -0.25) is 9.59 Å². The second-order valence-corrected chi connectivity index (χ2v) is 7.48. The van der Waals surface area contributed by atoms with Crippen LogP contribution in [0, 0.1) is 0 Å². The Morgan fingerprint density at radius 2 is 1.70 bits per heavy atom. The number of nitrogens with one attached hydrogen (secondary N) is 1. The highest BCUT2D eigenvalue weighted by Gasteiger charge is 2.22. The number of Topliss-reactive ketones (excluding diaryl/α,β-unsaturated/α-hetero) is 1. The molecule has 0 amide bonds. The molecule has 0 aliphatic carbocycles. The maximum atomic E-state index is 13.0. The quantitative estimate of drug-likeness (QED) is 0.354. The van der Waals surface area contributed by atoms with Gasteiger partial charge in [0.1, 0.15) is 11.3 Å². The van der Waals surface area contributed by atoms with E-state index in [0.29, 0.717) is 32.6 Å². The number of ketones is 2. The summed E-state index contributed by atoms with van der Waals surface area (Å²) in [6.07, 6.45) is 0. The maximum absolute atomic E-state index is 13.0. The highest BCUT2D eigenvalue weighted by Crippen LogP contribution is 2.32. The van der Waals surface area contributed by atoms with Crippen LogP contribution in [0.25, 0.3) is 11.0 Å². The minimum absolute atomic E-state index is 0.0113. The summed E-state index contributed by atoms with van der Waals surface area (Å²) in [5.74, 6) is 0.470. The number of carbonyl (C=O) groups is 2. The number of methoxy groups -OCH3 is 1. The Hall–Kier alpha value is -3.38. The Bertz CT molecular complexity index is 1230. The lowest BCUT2D eigenvalue weighted by Gasteiger charge is -2.08. The molecule has 1 N–H and O–H groups in total. The summed E-state index contributed by atoms with van der Waals surface area (Å²) in [6, 6.07) is 21.4. The lowest BCUT2D eigenvalue weighted by molar-refractivity contribution is 0.0997. The number of halogens is 1. The first-order valence-corrected chi connectivity index (χ1v) is 10.1. The van der Waals surface area contributed by atoms with Crippen molar-refractivity contribution in [2.75, 3.05) is 19.0 Å². The molecule has 3 aromatic carbocycles. The molecule has 30 heavy (non-hydrogen) atoms. The molecule has 1 aromatic heterocycles. The molecule has 4 rings (SSSR count). The van der Waals surface area contributed by atoms with Gasteiger partial charge in [0.2, 0.25) is 5.78 Å². The maximum Gasteiger partial charge on any atom is 0.230 e. The fourth-order valence-electron chi connectivity index (χ4n) is 3.21. The summed E-state index contributed by atoms with van der Waals surface area (Å²) in [5, 5.41) is 3.87. The number of para-hydroxylation sites is 1. The van der Waals surface area contributed by atoms with E-state index in [9.17, 15) is 9.59 Å². The second-order valence-electron chi connectivity index (χ2n) is 6.62. The van der Waals surface area contributed by atoms with E-state index in [1.54, 1.807) is 55.6 Å². The number of rotatable bonds is 7. The van der Waals surface area contributed by atoms with Crippen LogP contribution in [0.2, 0.25) is 0 Å². The van der Waals surface area contributed by atoms with Crippen LogP contribution in [-0.4, -0.2) is 25.2 Å². The van der Waals surface area contributed by atoms with Gasteiger partial charge in [-0.25, -0.2) is 0 Å². The first-order valence-electron chi connectivity index (χ1n) is 9.30. The summed E-state index contributed by atoms with van der Waals surface area (Å²) < 4.78 is 11.8. The number of furan rings is 1. The minimum atomic E-state index is -0.242. The molecule has 4 aromatic rings. The Balaban J connectivity index is 1.64. The van der Waals surface area contributed by atoms with E-state index in [0.717, 1.165) is 5.39 Å². The van der Waals surface area contributed by atoms with Crippen LogP contribution in [0.15, 0.2) is 81.7 Å².